The minimum Gasteiger partial charge on any atom is -0.387 e. The molecule has 1 aliphatic heterocycles. The minimum atomic E-state index is -1.39. The van der Waals surface area contributed by atoms with E-state index in [9.17, 15) is 20.1 Å². The molecule has 3 heterocycles. The fraction of sp³-hybridized carbons (Fsp3) is 0.333. The fourth-order valence-corrected chi connectivity index (χ4v) is 3.50. The van der Waals surface area contributed by atoms with Crippen LogP contribution in [0.3, 0.4) is 0 Å². The van der Waals surface area contributed by atoms with Gasteiger partial charge in [-0.1, -0.05) is 23.7 Å². The molecule has 0 spiro atoms. The Hall–Kier alpha value is -2.34. The van der Waals surface area contributed by atoms with E-state index in [1.54, 1.807) is 24.3 Å². The van der Waals surface area contributed by atoms with Gasteiger partial charge in [0.1, 0.15) is 42.4 Å². The van der Waals surface area contributed by atoms with Crippen LogP contribution in [0.4, 0.5) is 5.82 Å². The average molecular weight is 454 g/mol. The fourth-order valence-electron chi connectivity index (χ4n) is 3.31. The Bertz CT molecular complexity index is 1060. The molecule has 3 aromatic rings. The van der Waals surface area contributed by atoms with Crippen molar-refractivity contribution in [3.8, 4) is 0 Å². The zero-order valence-electron chi connectivity index (χ0n) is 15.3. The largest absolute Gasteiger partial charge is 0.387 e. The molecule has 1 aliphatic rings. The SMILES string of the molecule is O=C(CCl)Nc1ncnc2c1cnn2[C@@H]1O[C@H](C(O)c2ccc(Cl)cc2)[C@@H](O)[C@H]1O. The van der Waals surface area contributed by atoms with Crippen LogP contribution in [0.1, 0.15) is 17.9 Å². The highest BCUT2D eigenvalue weighted by Gasteiger charge is 2.48. The Kier molecular flexibility index (Phi) is 5.87. The number of carbonyl (C=O) groups is 1. The molecule has 30 heavy (non-hydrogen) atoms. The lowest BCUT2D eigenvalue weighted by atomic mass is 9.99. The number of anilines is 1. The molecule has 4 N–H and O–H groups in total. The van der Waals surface area contributed by atoms with Crippen molar-refractivity contribution in [2.45, 2.75) is 30.6 Å². The van der Waals surface area contributed by atoms with Gasteiger partial charge in [0.2, 0.25) is 5.91 Å². The van der Waals surface area contributed by atoms with Crippen LogP contribution in [-0.4, -0.2) is 65.2 Å². The number of aliphatic hydroxyl groups is 3. The van der Waals surface area contributed by atoms with Gasteiger partial charge in [-0.15, -0.1) is 11.6 Å². The third kappa shape index (κ3) is 3.73. The molecular weight excluding hydrogens is 437 g/mol. The molecule has 1 saturated heterocycles. The zero-order valence-corrected chi connectivity index (χ0v) is 16.8. The molecule has 1 aromatic carbocycles. The van der Waals surface area contributed by atoms with Crippen molar-refractivity contribution >= 4 is 46.0 Å². The molecule has 4 rings (SSSR count). The first-order chi connectivity index (χ1) is 14.4. The molecule has 2 aromatic heterocycles. The van der Waals surface area contributed by atoms with Gasteiger partial charge >= 0.3 is 0 Å². The molecular formula is C18H17Cl2N5O5. The van der Waals surface area contributed by atoms with Gasteiger partial charge in [0, 0.05) is 5.02 Å². The van der Waals surface area contributed by atoms with Crippen LogP contribution < -0.4 is 5.32 Å². The van der Waals surface area contributed by atoms with Crippen LogP contribution in [-0.2, 0) is 9.53 Å². The normalized spacial score (nSPS) is 24.8. The summed E-state index contributed by atoms with van der Waals surface area (Å²) in [4.78, 5) is 19.7. The number of aliphatic hydroxyl groups excluding tert-OH is 3. The van der Waals surface area contributed by atoms with E-state index in [-0.39, 0.29) is 17.3 Å². The maximum absolute atomic E-state index is 11.6. The summed E-state index contributed by atoms with van der Waals surface area (Å²) < 4.78 is 7.04. The highest BCUT2D eigenvalue weighted by molar-refractivity contribution is 6.30. The van der Waals surface area contributed by atoms with Crippen LogP contribution in [0, 0.1) is 0 Å². The molecule has 0 saturated carbocycles. The Morgan fingerprint density at radius 3 is 2.67 bits per heavy atom. The molecule has 12 heteroatoms. The number of rotatable bonds is 5. The third-order valence-electron chi connectivity index (χ3n) is 4.81. The number of fused-ring (bicyclic) bond motifs is 1. The number of hydrogen-bond donors (Lipinski definition) is 4. The Labute approximate surface area is 180 Å². The monoisotopic (exact) mass is 453 g/mol. The van der Waals surface area contributed by atoms with Gasteiger partial charge in [-0.2, -0.15) is 5.10 Å². The van der Waals surface area contributed by atoms with Crippen molar-refractivity contribution < 1.29 is 24.9 Å². The molecule has 0 aliphatic carbocycles. The predicted molar refractivity (Wildman–Crippen MR) is 107 cm³/mol. The smallest absolute Gasteiger partial charge is 0.240 e. The summed E-state index contributed by atoms with van der Waals surface area (Å²) in [5.74, 6) is -0.508. The van der Waals surface area contributed by atoms with Crippen molar-refractivity contribution in [2.24, 2.45) is 0 Å². The molecule has 0 radical (unpaired) electrons. The van der Waals surface area contributed by atoms with Gasteiger partial charge in [-0.3, -0.25) is 4.79 Å². The summed E-state index contributed by atoms with van der Waals surface area (Å²) >= 11 is 11.4. The number of benzene rings is 1. The van der Waals surface area contributed by atoms with Crippen LogP contribution in [0.5, 0.6) is 0 Å². The number of aromatic nitrogens is 4. The van der Waals surface area contributed by atoms with Crippen LogP contribution in [0.2, 0.25) is 5.02 Å². The van der Waals surface area contributed by atoms with Crippen LogP contribution in [0.15, 0.2) is 36.8 Å². The van der Waals surface area contributed by atoms with Crippen LogP contribution >= 0.6 is 23.2 Å². The second-order valence-electron chi connectivity index (χ2n) is 6.70. The van der Waals surface area contributed by atoms with Gasteiger partial charge in [-0.25, -0.2) is 14.6 Å². The topological polar surface area (TPSA) is 143 Å². The number of nitrogens with zero attached hydrogens (tertiary/aromatic N) is 4. The van der Waals surface area contributed by atoms with Crippen molar-refractivity contribution in [3.05, 3.63) is 47.4 Å². The predicted octanol–water partition coefficient (Wildman–Crippen LogP) is 1.01. The number of halogens is 2. The van der Waals surface area contributed by atoms with Gasteiger partial charge in [0.15, 0.2) is 11.9 Å². The van der Waals surface area contributed by atoms with Crippen molar-refractivity contribution in [3.63, 3.8) is 0 Å². The summed E-state index contributed by atoms with van der Waals surface area (Å²) in [6, 6.07) is 6.41. The summed E-state index contributed by atoms with van der Waals surface area (Å²) in [6.07, 6.45) is -3.65. The lowest BCUT2D eigenvalue weighted by molar-refractivity contribution is -0.113. The highest BCUT2D eigenvalue weighted by atomic mass is 35.5. The Morgan fingerprint density at radius 2 is 1.97 bits per heavy atom. The summed E-state index contributed by atoms with van der Waals surface area (Å²) in [7, 11) is 0. The van der Waals surface area contributed by atoms with Gasteiger partial charge in [-0.05, 0) is 17.7 Å². The lowest BCUT2D eigenvalue weighted by Crippen LogP contribution is -2.35. The molecule has 10 nitrogen and oxygen atoms in total. The molecule has 5 atom stereocenters. The molecule has 1 amide bonds. The summed E-state index contributed by atoms with van der Waals surface area (Å²) in [5, 5.41) is 39.3. The Morgan fingerprint density at radius 1 is 1.23 bits per heavy atom. The van der Waals surface area contributed by atoms with E-state index in [0.717, 1.165) is 0 Å². The number of hydrogen-bond acceptors (Lipinski definition) is 8. The highest BCUT2D eigenvalue weighted by Crippen LogP contribution is 2.37. The zero-order chi connectivity index (χ0) is 21.4. The van der Waals surface area contributed by atoms with E-state index < -0.39 is 36.6 Å². The van der Waals surface area contributed by atoms with E-state index in [0.29, 0.717) is 16.0 Å². The van der Waals surface area contributed by atoms with Crippen molar-refractivity contribution in [2.75, 3.05) is 11.2 Å². The van der Waals surface area contributed by atoms with Gasteiger partial charge in [0.25, 0.3) is 0 Å². The molecule has 1 unspecified atom stereocenters. The lowest BCUT2D eigenvalue weighted by Gasteiger charge is -2.21. The van der Waals surface area contributed by atoms with E-state index in [1.807, 2.05) is 0 Å². The van der Waals surface area contributed by atoms with Gasteiger partial charge < -0.3 is 25.4 Å². The molecule has 158 valence electrons. The number of amides is 1. The van der Waals surface area contributed by atoms with E-state index in [4.69, 9.17) is 27.9 Å². The molecule has 1 fully saturated rings. The standard InChI is InChI=1S/C18H17Cl2N5O5/c19-5-11(26)24-16-10-6-23-25(17(10)22-7-21-16)18-14(29)13(28)15(30-18)12(27)8-1-3-9(20)4-2-8/h1-4,6-7,12-15,18,27-29H,5H2,(H,21,22,24,26)/t12?,13-,14+,15+,18+/m0/s1. The molecule has 0 bridgehead atoms. The number of nitrogens with one attached hydrogen (secondary N) is 1. The van der Waals surface area contributed by atoms with E-state index in [2.05, 4.69) is 20.4 Å². The van der Waals surface area contributed by atoms with Crippen LogP contribution in [0.25, 0.3) is 11.0 Å². The minimum absolute atomic E-state index is 0.197. The quantitative estimate of drug-likeness (QED) is 0.419. The number of alkyl halides is 1. The van der Waals surface area contributed by atoms with E-state index in [1.165, 1.54) is 17.2 Å². The van der Waals surface area contributed by atoms with Crippen molar-refractivity contribution in [1.29, 1.82) is 0 Å². The average Bonchev–Trinajstić information content (AvgIpc) is 3.30. The Balaban J connectivity index is 1.63. The second-order valence-corrected chi connectivity index (χ2v) is 7.40. The third-order valence-corrected chi connectivity index (χ3v) is 5.30. The van der Waals surface area contributed by atoms with Crippen molar-refractivity contribution in [1.82, 2.24) is 19.7 Å². The number of carbonyl (C=O) groups excluding carboxylic acids is 1. The first kappa shape index (κ1) is 20.9. The maximum atomic E-state index is 11.6. The first-order valence-electron chi connectivity index (χ1n) is 8.90. The van der Waals surface area contributed by atoms with E-state index >= 15 is 0 Å². The van der Waals surface area contributed by atoms with Gasteiger partial charge in [0.05, 0.1) is 11.6 Å². The number of ether oxygens (including phenoxy) is 1. The second kappa shape index (κ2) is 8.42. The summed E-state index contributed by atoms with van der Waals surface area (Å²) in [5.41, 5.74) is 0.725. The first-order valence-corrected chi connectivity index (χ1v) is 9.81. The maximum Gasteiger partial charge on any atom is 0.240 e. The summed E-state index contributed by atoms with van der Waals surface area (Å²) in [6.45, 7) is 0.